The normalized spacial score (nSPS) is 14.0. The maximum absolute atomic E-state index is 4.83. The second-order valence-electron chi connectivity index (χ2n) is 5.36. The van der Waals surface area contributed by atoms with E-state index in [1.54, 1.807) is 6.08 Å². The second kappa shape index (κ2) is 6.93. The summed E-state index contributed by atoms with van der Waals surface area (Å²) in [6.07, 6.45) is 17.4. The van der Waals surface area contributed by atoms with Crippen molar-refractivity contribution in [3.8, 4) is 5.69 Å². The minimum atomic E-state index is 0.953. The van der Waals surface area contributed by atoms with Gasteiger partial charge < -0.3 is 0 Å². The lowest BCUT2D eigenvalue weighted by Crippen LogP contribution is -2.02. The Hall–Kier alpha value is -2.87. The van der Waals surface area contributed by atoms with Crippen molar-refractivity contribution < 1.29 is 0 Å². The lowest BCUT2D eigenvalue weighted by molar-refractivity contribution is 1.01. The van der Waals surface area contributed by atoms with Crippen molar-refractivity contribution in [2.75, 3.05) is 0 Å². The summed E-state index contributed by atoms with van der Waals surface area (Å²) in [5.74, 6) is 0.959. The van der Waals surface area contributed by atoms with Crippen LogP contribution in [0.2, 0.25) is 0 Å². The molecule has 0 spiro atoms. The Morgan fingerprint density at radius 1 is 1.17 bits per heavy atom. The zero-order valence-corrected chi connectivity index (χ0v) is 13.3. The molecule has 0 unspecified atom stereocenters. The summed E-state index contributed by atoms with van der Waals surface area (Å²) in [7, 11) is 0. The number of rotatable bonds is 4. The van der Waals surface area contributed by atoms with Crippen LogP contribution in [0.25, 0.3) is 17.3 Å². The van der Waals surface area contributed by atoms with Crippen molar-refractivity contribution in [1.29, 1.82) is 0 Å². The van der Waals surface area contributed by atoms with Gasteiger partial charge in [-0.25, -0.2) is 4.98 Å². The predicted octanol–water partition coefficient (Wildman–Crippen LogP) is 5.28. The van der Waals surface area contributed by atoms with Gasteiger partial charge >= 0.3 is 0 Å². The summed E-state index contributed by atoms with van der Waals surface area (Å²) >= 11 is 0. The predicted molar refractivity (Wildman–Crippen MR) is 98.4 cm³/mol. The molecule has 1 aromatic heterocycles. The highest BCUT2D eigenvalue weighted by atomic mass is 15.1. The summed E-state index contributed by atoms with van der Waals surface area (Å²) in [5.41, 5.74) is 4.30. The summed E-state index contributed by atoms with van der Waals surface area (Å²) < 4.78 is 2.20. The lowest BCUT2D eigenvalue weighted by Gasteiger charge is -2.11. The molecule has 0 amide bonds. The van der Waals surface area contributed by atoms with Crippen LogP contribution in [0.15, 0.2) is 79.4 Å². The number of aromatic nitrogens is 2. The third-order valence-corrected chi connectivity index (χ3v) is 3.74. The number of imidazole rings is 1. The summed E-state index contributed by atoms with van der Waals surface area (Å²) in [6, 6.07) is 10.3. The molecule has 1 heterocycles. The summed E-state index contributed by atoms with van der Waals surface area (Å²) in [5, 5.41) is 0. The first-order chi connectivity index (χ1) is 11.3. The van der Waals surface area contributed by atoms with Gasteiger partial charge in [-0.2, -0.15) is 0 Å². The van der Waals surface area contributed by atoms with Gasteiger partial charge in [0.15, 0.2) is 0 Å². The average Bonchev–Trinajstić information content (AvgIpc) is 2.76. The van der Waals surface area contributed by atoms with Gasteiger partial charge in [0.05, 0.1) is 11.4 Å². The third kappa shape index (κ3) is 3.16. The number of benzene rings is 1. The Morgan fingerprint density at radius 2 is 2.00 bits per heavy atom. The molecule has 2 aromatic rings. The Balaban J connectivity index is 2.24. The first-order valence-electron chi connectivity index (χ1n) is 7.79. The fourth-order valence-corrected chi connectivity index (χ4v) is 2.66. The van der Waals surface area contributed by atoms with Gasteiger partial charge in [0.2, 0.25) is 0 Å². The van der Waals surface area contributed by atoms with Crippen LogP contribution in [0.5, 0.6) is 0 Å². The zero-order chi connectivity index (χ0) is 16.1. The van der Waals surface area contributed by atoms with Crippen LogP contribution in [0.4, 0.5) is 0 Å². The largest absolute Gasteiger partial charge is 0.293 e. The summed E-state index contributed by atoms with van der Waals surface area (Å²) in [4.78, 5) is 4.83. The number of allylic oxidation sites excluding steroid dienone is 8. The van der Waals surface area contributed by atoms with Crippen molar-refractivity contribution in [3.63, 3.8) is 0 Å². The topological polar surface area (TPSA) is 17.8 Å². The fraction of sp³-hybridized carbons (Fsp3) is 0.0952. The molecule has 0 atom stereocenters. The van der Waals surface area contributed by atoms with Gasteiger partial charge in [-0.15, -0.1) is 0 Å². The molecule has 23 heavy (non-hydrogen) atoms. The molecule has 114 valence electrons. The molecule has 0 N–H and O–H groups in total. The Morgan fingerprint density at radius 3 is 2.78 bits per heavy atom. The molecule has 0 fully saturated rings. The lowest BCUT2D eigenvalue weighted by atomic mass is 10.2. The molecule has 2 heteroatoms. The van der Waals surface area contributed by atoms with Crippen LogP contribution in [-0.4, -0.2) is 9.55 Å². The molecule has 2 nitrogen and oxygen atoms in total. The number of hydrogen-bond acceptors (Lipinski definition) is 1. The van der Waals surface area contributed by atoms with Crippen molar-refractivity contribution >= 4 is 11.6 Å². The van der Waals surface area contributed by atoms with Gasteiger partial charge in [-0.05, 0) is 31.6 Å². The molecule has 3 rings (SSSR count). The molecular weight excluding hydrogens is 280 g/mol. The van der Waals surface area contributed by atoms with Crippen LogP contribution in [-0.2, 0) is 0 Å². The SMILES string of the molecule is C=C/C=C\c1c(C)nc(C2=CC=CCC=C2)n1-c1ccccc1. The van der Waals surface area contributed by atoms with E-state index in [0.717, 1.165) is 34.9 Å². The van der Waals surface area contributed by atoms with Crippen LogP contribution in [0.3, 0.4) is 0 Å². The molecule has 0 saturated heterocycles. The molecule has 0 radical (unpaired) electrons. The number of aryl methyl sites for hydroxylation is 1. The van der Waals surface area contributed by atoms with E-state index in [4.69, 9.17) is 4.98 Å². The monoisotopic (exact) mass is 300 g/mol. The van der Waals surface area contributed by atoms with Crippen molar-refractivity contribution in [2.24, 2.45) is 0 Å². The molecule has 1 aromatic carbocycles. The molecule has 0 bridgehead atoms. The van der Waals surface area contributed by atoms with E-state index in [0.29, 0.717) is 0 Å². The first-order valence-corrected chi connectivity index (χ1v) is 7.79. The highest BCUT2D eigenvalue weighted by Crippen LogP contribution is 2.26. The van der Waals surface area contributed by atoms with E-state index < -0.39 is 0 Å². The van der Waals surface area contributed by atoms with Crippen molar-refractivity contribution in [1.82, 2.24) is 9.55 Å². The molecule has 1 aliphatic carbocycles. The van der Waals surface area contributed by atoms with Gasteiger partial charge in [-0.1, -0.05) is 67.3 Å². The molecule has 1 aliphatic rings. The second-order valence-corrected chi connectivity index (χ2v) is 5.36. The fourth-order valence-electron chi connectivity index (χ4n) is 2.66. The average molecular weight is 300 g/mol. The zero-order valence-electron chi connectivity index (χ0n) is 13.3. The van der Waals surface area contributed by atoms with Crippen molar-refractivity contribution in [2.45, 2.75) is 13.3 Å². The molecular formula is C21H20N2. The third-order valence-electron chi connectivity index (χ3n) is 3.74. The van der Waals surface area contributed by atoms with Gasteiger partial charge in [0.1, 0.15) is 5.82 Å². The standard InChI is InChI=1S/C21H20N2/c1-3-4-16-20-17(2)22-21(18-12-8-5-6-9-13-18)23(20)19-14-10-7-11-15-19/h3-5,7-16H,1,6H2,2H3/b16-4-. The van der Waals surface area contributed by atoms with Crippen LogP contribution in [0, 0.1) is 6.92 Å². The number of para-hydroxylation sites is 1. The summed E-state index contributed by atoms with van der Waals surface area (Å²) in [6.45, 7) is 5.81. The van der Waals surface area contributed by atoms with E-state index in [-0.39, 0.29) is 0 Å². The van der Waals surface area contributed by atoms with E-state index >= 15 is 0 Å². The van der Waals surface area contributed by atoms with Gasteiger partial charge in [-0.3, -0.25) is 4.57 Å². The Bertz CT molecular complexity index is 815. The number of hydrogen-bond donors (Lipinski definition) is 0. The smallest absolute Gasteiger partial charge is 0.145 e. The highest BCUT2D eigenvalue weighted by molar-refractivity contribution is 5.75. The van der Waals surface area contributed by atoms with E-state index in [9.17, 15) is 0 Å². The van der Waals surface area contributed by atoms with Crippen LogP contribution in [0.1, 0.15) is 23.6 Å². The van der Waals surface area contributed by atoms with Gasteiger partial charge in [0.25, 0.3) is 0 Å². The van der Waals surface area contributed by atoms with Gasteiger partial charge in [0, 0.05) is 11.3 Å². The Labute approximate surface area is 137 Å². The minimum absolute atomic E-state index is 0.953. The van der Waals surface area contributed by atoms with E-state index in [1.807, 2.05) is 31.2 Å². The maximum atomic E-state index is 4.83. The minimum Gasteiger partial charge on any atom is -0.293 e. The number of nitrogens with zero attached hydrogens (tertiary/aromatic N) is 2. The molecule has 0 aliphatic heterocycles. The van der Waals surface area contributed by atoms with Crippen molar-refractivity contribution in [3.05, 3.63) is 96.7 Å². The quantitative estimate of drug-likeness (QED) is 0.702. The first kappa shape index (κ1) is 15.0. The maximum Gasteiger partial charge on any atom is 0.145 e. The highest BCUT2D eigenvalue weighted by Gasteiger charge is 2.16. The van der Waals surface area contributed by atoms with Crippen LogP contribution < -0.4 is 0 Å². The van der Waals surface area contributed by atoms with E-state index in [1.165, 1.54) is 0 Å². The van der Waals surface area contributed by atoms with E-state index in [2.05, 4.69) is 59.7 Å². The van der Waals surface area contributed by atoms with Crippen LogP contribution >= 0.6 is 0 Å². The Kier molecular flexibility index (Phi) is 4.53. The molecule has 0 saturated carbocycles.